The van der Waals surface area contributed by atoms with Gasteiger partial charge in [-0.2, -0.15) is 0 Å². The lowest BCUT2D eigenvalue weighted by Gasteiger charge is -2.12. The summed E-state index contributed by atoms with van der Waals surface area (Å²) in [7, 11) is 1.65. The second-order valence-electron chi connectivity index (χ2n) is 7.39. The minimum Gasteiger partial charge on any atom is -0.497 e. The Kier molecular flexibility index (Phi) is 8.42. The topological polar surface area (TPSA) is 116 Å². The molecule has 0 radical (unpaired) electrons. The Morgan fingerprint density at radius 1 is 1.15 bits per heavy atom. The van der Waals surface area contributed by atoms with E-state index in [-0.39, 0.29) is 24.9 Å². The Hall–Kier alpha value is -3.66. The molecule has 2 heterocycles. The van der Waals surface area contributed by atoms with Gasteiger partial charge in [-0.25, -0.2) is 9.97 Å². The van der Waals surface area contributed by atoms with Crippen LogP contribution in [0.25, 0.3) is 16.9 Å². The quantitative estimate of drug-likeness (QED) is 0.311. The number of aromatic nitrogens is 3. The summed E-state index contributed by atoms with van der Waals surface area (Å²) in [6.45, 7) is 2.62. The van der Waals surface area contributed by atoms with Gasteiger partial charge in [-0.1, -0.05) is 0 Å². The predicted molar refractivity (Wildman–Crippen MR) is 135 cm³/mol. The number of hydrogen-bond acceptors (Lipinski definition) is 7. The van der Waals surface area contributed by atoms with Crippen molar-refractivity contribution in [3.8, 4) is 17.0 Å². The van der Waals surface area contributed by atoms with E-state index in [2.05, 4.69) is 20.6 Å². The molecule has 178 valence electrons. The van der Waals surface area contributed by atoms with Crippen LogP contribution in [0.15, 0.2) is 61.1 Å². The Balaban J connectivity index is 0.00000324. The van der Waals surface area contributed by atoms with Crippen molar-refractivity contribution in [3.05, 3.63) is 66.6 Å². The fourth-order valence-electron chi connectivity index (χ4n) is 3.44. The molecule has 2 aromatic heterocycles. The van der Waals surface area contributed by atoms with Crippen LogP contribution in [0.2, 0.25) is 0 Å². The zero-order chi connectivity index (χ0) is 23.2. The van der Waals surface area contributed by atoms with E-state index in [0.29, 0.717) is 24.6 Å². The Labute approximate surface area is 203 Å². The highest BCUT2D eigenvalue weighted by atomic mass is 35.5. The number of aryl methyl sites for hydroxylation is 1. The van der Waals surface area contributed by atoms with Gasteiger partial charge in [0.25, 0.3) is 0 Å². The Morgan fingerprint density at radius 3 is 2.65 bits per heavy atom. The molecule has 0 atom stereocenters. The maximum Gasteiger partial charge on any atom is 0.250 e. The summed E-state index contributed by atoms with van der Waals surface area (Å²) in [5, 5.41) is 6.17. The summed E-state index contributed by atoms with van der Waals surface area (Å²) in [6.07, 6.45) is 5.43. The normalized spacial score (nSPS) is 10.6. The molecule has 9 nitrogen and oxygen atoms in total. The molecule has 2 aromatic carbocycles. The lowest BCUT2D eigenvalue weighted by molar-refractivity contribution is -0.120. The van der Waals surface area contributed by atoms with Crippen molar-refractivity contribution in [1.29, 1.82) is 0 Å². The number of fused-ring (bicyclic) bond motifs is 1. The number of methoxy groups -OCH3 is 1. The molecule has 0 aliphatic heterocycles. The first kappa shape index (κ1) is 25.0. The highest BCUT2D eigenvalue weighted by molar-refractivity contribution is 5.92. The van der Waals surface area contributed by atoms with Gasteiger partial charge in [-0.15, -0.1) is 12.4 Å². The molecular weight excluding hydrogens is 456 g/mol. The van der Waals surface area contributed by atoms with E-state index in [1.54, 1.807) is 13.3 Å². The zero-order valence-electron chi connectivity index (χ0n) is 18.9. The van der Waals surface area contributed by atoms with Gasteiger partial charge in [0, 0.05) is 35.9 Å². The number of carbonyl (C=O) groups excluding carboxylic acids is 1. The van der Waals surface area contributed by atoms with Gasteiger partial charge in [0.15, 0.2) is 11.5 Å². The molecule has 0 saturated carbocycles. The van der Waals surface area contributed by atoms with Crippen molar-refractivity contribution in [3.63, 3.8) is 0 Å². The average molecular weight is 483 g/mol. The van der Waals surface area contributed by atoms with Gasteiger partial charge in [-0.05, 0) is 55.0 Å². The third kappa shape index (κ3) is 5.63. The number of nitrogens with zero attached hydrogens (tertiary/aromatic N) is 3. The third-order valence-corrected chi connectivity index (χ3v) is 5.07. The lowest BCUT2D eigenvalue weighted by atomic mass is 10.1. The van der Waals surface area contributed by atoms with Gasteiger partial charge in [0.1, 0.15) is 12.4 Å². The number of nitrogens with two attached hydrogens (primary N) is 1. The summed E-state index contributed by atoms with van der Waals surface area (Å²) >= 11 is 0. The fourth-order valence-corrected chi connectivity index (χ4v) is 3.44. The minimum absolute atomic E-state index is 0. The van der Waals surface area contributed by atoms with Crippen molar-refractivity contribution >= 4 is 41.2 Å². The van der Waals surface area contributed by atoms with E-state index < -0.39 is 0 Å². The maximum atomic E-state index is 12.0. The second-order valence-corrected chi connectivity index (χ2v) is 7.39. The van der Waals surface area contributed by atoms with Crippen LogP contribution in [-0.2, 0) is 9.53 Å². The van der Waals surface area contributed by atoms with Crippen molar-refractivity contribution in [2.45, 2.75) is 6.92 Å². The number of hydrogen-bond donors (Lipinski definition) is 3. The monoisotopic (exact) mass is 482 g/mol. The Bertz CT molecular complexity index is 1260. The standard InChI is InChI=1S/C24H26N6O3.ClH/c1-16-13-18(5-8-20(16)29-22(31)15-33-12-9-25)28-23-24-27-14-21(30(24)11-10-26-23)17-3-6-19(32-2)7-4-17;/h3-8,10-11,13-14H,9,12,15,25H2,1-2H3,(H,26,28)(H,29,31);1H. The molecule has 0 aliphatic carbocycles. The first-order chi connectivity index (χ1) is 16.1. The summed E-state index contributed by atoms with van der Waals surface area (Å²) in [5.74, 6) is 1.21. The first-order valence-electron chi connectivity index (χ1n) is 10.5. The highest BCUT2D eigenvalue weighted by Crippen LogP contribution is 2.27. The molecule has 0 bridgehead atoms. The van der Waals surface area contributed by atoms with Crippen molar-refractivity contribution in [2.24, 2.45) is 5.73 Å². The number of imidazole rings is 1. The molecule has 4 N–H and O–H groups in total. The number of anilines is 3. The van der Waals surface area contributed by atoms with Crippen LogP contribution in [-0.4, -0.2) is 47.1 Å². The SMILES string of the molecule is COc1ccc(-c2cnc3c(Nc4ccc(NC(=O)COCCN)c(C)c4)nccn23)cc1.Cl. The summed E-state index contributed by atoms with van der Waals surface area (Å²) in [5.41, 5.74) is 10.5. The van der Waals surface area contributed by atoms with E-state index in [0.717, 1.165) is 33.9 Å². The molecule has 1 amide bonds. The maximum absolute atomic E-state index is 12.0. The third-order valence-electron chi connectivity index (χ3n) is 5.07. The Morgan fingerprint density at radius 2 is 1.94 bits per heavy atom. The summed E-state index contributed by atoms with van der Waals surface area (Å²) < 4.78 is 12.4. The number of amides is 1. The molecule has 0 saturated heterocycles. The van der Waals surface area contributed by atoms with Gasteiger partial charge < -0.3 is 25.8 Å². The zero-order valence-corrected chi connectivity index (χ0v) is 19.8. The van der Waals surface area contributed by atoms with Gasteiger partial charge >= 0.3 is 0 Å². The number of ether oxygens (including phenoxy) is 2. The van der Waals surface area contributed by atoms with Gasteiger partial charge in [-0.3, -0.25) is 9.20 Å². The highest BCUT2D eigenvalue weighted by Gasteiger charge is 2.12. The van der Waals surface area contributed by atoms with Crippen molar-refractivity contribution in [2.75, 3.05) is 37.5 Å². The molecule has 0 fully saturated rings. The van der Waals surface area contributed by atoms with Gasteiger partial charge in [0.05, 0.1) is 25.6 Å². The summed E-state index contributed by atoms with van der Waals surface area (Å²) in [4.78, 5) is 21.0. The number of halogens is 1. The first-order valence-corrected chi connectivity index (χ1v) is 10.5. The van der Waals surface area contributed by atoms with E-state index in [4.69, 9.17) is 15.2 Å². The molecular formula is C24H27ClN6O3. The molecule has 10 heteroatoms. The minimum atomic E-state index is -0.220. The molecule has 4 rings (SSSR count). The van der Waals surface area contributed by atoms with E-state index in [9.17, 15) is 4.79 Å². The van der Waals surface area contributed by atoms with Crippen LogP contribution in [0.5, 0.6) is 5.75 Å². The van der Waals surface area contributed by atoms with Crippen molar-refractivity contribution < 1.29 is 14.3 Å². The smallest absolute Gasteiger partial charge is 0.250 e. The van der Waals surface area contributed by atoms with Crippen LogP contribution < -0.4 is 21.1 Å². The van der Waals surface area contributed by atoms with E-state index >= 15 is 0 Å². The van der Waals surface area contributed by atoms with Crippen LogP contribution in [0, 0.1) is 6.92 Å². The molecule has 34 heavy (non-hydrogen) atoms. The predicted octanol–water partition coefficient (Wildman–Crippen LogP) is 3.79. The second kappa shape index (κ2) is 11.5. The molecule has 0 aliphatic rings. The number of carbonyl (C=O) groups is 1. The van der Waals surface area contributed by atoms with E-state index in [1.807, 2.05) is 66.2 Å². The molecule has 0 unspecified atom stereocenters. The van der Waals surface area contributed by atoms with Crippen LogP contribution in [0.4, 0.5) is 17.2 Å². The van der Waals surface area contributed by atoms with E-state index in [1.165, 1.54) is 0 Å². The van der Waals surface area contributed by atoms with Gasteiger partial charge in [0.2, 0.25) is 5.91 Å². The van der Waals surface area contributed by atoms with Crippen LogP contribution in [0.1, 0.15) is 5.56 Å². The largest absolute Gasteiger partial charge is 0.497 e. The fraction of sp³-hybridized carbons (Fsp3) is 0.208. The van der Waals surface area contributed by atoms with Crippen molar-refractivity contribution in [1.82, 2.24) is 14.4 Å². The van der Waals surface area contributed by atoms with Crippen LogP contribution >= 0.6 is 12.4 Å². The molecule has 0 spiro atoms. The molecule has 4 aromatic rings. The average Bonchev–Trinajstić information content (AvgIpc) is 3.26. The summed E-state index contributed by atoms with van der Waals surface area (Å²) in [6, 6.07) is 13.5. The number of rotatable bonds is 9. The lowest BCUT2D eigenvalue weighted by Crippen LogP contribution is -2.21. The van der Waals surface area contributed by atoms with Crippen LogP contribution in [0.3, 0.4) is 0 Å². The number of benzene rings is 2. The number of nitrogens with one attached hydrogen (secondary N) is 2.